The van der Waals surface area contributed by atoms with Crippen LogP contribution in [0.2, 0.25) is 0 Å². The summed E-state index contributed by atoms with van der Waals surface area (Å²) in [6.07, 6.45) is 1.26. The Morgan fingerprint density at radius 1 is 1.75 bits per heavy atom. The van der Waals surface area contributed by atoms with E-state index in [-0.39, 0.29) is 18.6 Å². The number of methoxy groups -OCH3 is 1. The van der Waals surface area contributed by atoms with Crippen molar-refractivity contribution >= 4 is 5.97 Å². The maximum Gasteiger partial charge on any atom is 0.304 e. The monoisotopic (exact) mass is 173 g/mol. The normalized spacial score (nSPS) is 30.8. The highest BCUT2D eigenvalue weighted by Crippen LogP contribution is 2.20. The smallest absolute Gasteiger partial charge is 0.304 e. The predicted octanol–water partition coefficient (Wildman–Crippen LogP) is 0.180. The van der Waals surface area contributed by atoms with Gasteiger partial charge in [0.2, 0.25) is 0 Å². The molecule has 1 unspecified atom stereocenters. The molecular weight excluding hydrogens is 158 g/mol. The molecule has 4 heteroatoms. The standard InChI is InChI=1S/C8H15NO3/c1-9-5-7(12-2)3-6(9)4-8(10)11/h6-7H,3-5H2,1-2H3,(H,10,11)/t6-,7?/m0/s1. The Kier molecular flexibility index (Phi) is 3.05. The van der Waals surface area contributed by atoms with Crippen molar-refractivity contribution in [1.29, 1.82) is 0 Å². The minimum absolute atomic E-state index is 0.146. The summed E-state index contributed by atoms with van der Waals surface area (Å²) in [7, 11) is 3.61. The molecule has 70 valence electrons. The minimum Gasteiger partial charge on any atom is -0.481 e. The molecule has 0 aromatic rings. The van der Waals surface area contributed by atoms with Gasteiger partial charge in [-0.1, -0.05) is 0 Å². The second kappa shape index (κ2) is 3.87. The van der Waals surface area contributed by atoms with Crippen LogP contribution in [0.3, 0.4) is 0 Å². The summed E-state index contributed by atoms with van der Waals surface area (Å²) in [5, 5.41) is 8.58. The maximum absolute atomic E-state index is 10.4. The fourth-order valence-electron chi connectivity index (χ4n) is 1.64. The molecule has 0 aromatic carbocycles. The number of likely N-dealkylation sites (tertiary alicyclic amines) is 1. The number of likely N-dealkylation sites (N-methyl/N-ethyl adjacent to an activating group) is 1. The molecule has 0 radical (unpaired) electrons. The maximum atomic E-state index is 10.4. The minimum atomic E-state index is -0.733. The van der Waals surface area contributed by atoms with E-state index in [1.54, 1.807) is 7.11 Å². The zero-order valence-corrected chi connectivity index (χ0v) is 7.49. The first-order valence-corrected chi connectivity index (χ1v) is 4.08. The molecule has 1 aliphatic rings. The van der Waals surface area contributed by atoms with Crippen molar-refractivity contribution in [2.45, 2.75) is 25.0 Å². The average Bonchev–Trinajstić information content (AvgIpc) is 2.31. The largest absolute Gasteiger partial charge is 0.481 e. The van der Waals surface area contributed by atoms with Crippen LogP contribution >= 0.6 is 0 Å². The fourth-order valence-corrected chi connectivity index (χ4v) is 1.64. The number of rotatable bonds is 3. The van der Waals surface area contributed by atoms with Crippen LogP contribution in [0.1, 0.15) is 12.8 Å². The molecule has 4 nitrogen and oxygen atoms in total. The van der Waals surface area contributed by atoms with Crippen molar-refractivity contribution in [3.05, 3.63) is 0 Å². The highest BCUT2D eigenvalue weighted by molar-refractivity contribution is 5.67. The lowest BCUT2D eigenvalue weighted by Gasteiger charge is -2.15. The molecule has 1 fully saturated rings. The Bertz CT molecular complexity index is 172. The van der Waals surface area contributed by atoms with Crippen LogP contribution < -0.4 is 0 Å². The summed E-state index contributed by atoms with van der Waals surface area (Å²) in [5.41, 5.74) is 0. The lowest BCUT2D eigenvalue weighted by molar-refractivity contribution is -0.138. The predicted molar refractivity (Wildman–Crippen MR) is 44.1 cm³/mol. The number of carboxylic acids is 1. The van der Waals surface area contributed by atoms with Crippen LogP contribution in [-0.4, -0.2) is 48.8 Å². The summed E-state index contributed by atoms with van der Waals surface area (Å²) in [4.78, 5) is 12.5. The van der Waals surface area contributed by atoms with Crippen LogP contribution in [-0.2, 0) is 9.53 Å². The Hall–Kier alpha value is -0.610. The first-order chi connectivity index (χ1) is 5.63. The number of carbonyl (C=O) groups is 1. The number of nitrogens with zero attached hydrogens (tertiary/aromatic N) is 1. The number of hydrogen-bond acceptors (Lipinski definition) is 3. The lowest BCUT2D eigenvalue weighted by atomic mass is 10.1. The van der Waals surface area contributed by atoms with Gasteiger partial charge in [0, 0.05) is 19.7 Å². The average molecular weight is 173 g/mol. The van der Waals surface area contributed by atoms with E-state index in [0.717, 1.165) is 13.0 Å². The molecule has 0 spiro atoms. The number of ether oxygens (including phenoxy) is 1. The Labute approximate surface area is 72.1 Å². The molecule has 1 aliphatic heterocycles. The summed E-state index contributed by atoms with van der Waals surface area (Å²) in [6.45, 7) is 0.842. The number of hydrogen-bond donors (Lipinski definition) is 1. The van der Waals surface area contributed by atoms with E-state index in [2.05, 4.69) is 0 Å². The van der Waals surface area contributed by atoms with Gasteiger partial charge in [0.15, 0.2) is 0 Å². The molecule has 0 aliphatic carbocycles. The van der Waals surface area contributed by atoms with Crippen molar-refractivity contribution in [2.24, 2.45) is 0 Å². The number of aliphatic carboxylic acids is 1. The van der Waals surface area contributed by atoms with Gasteiger partial charge in [0.25, 0.3) is 0 Å². The fraction of sp³-hybridized carbons (Fsp3) is 0.875. The molecule has 0 amide bonds. The van der Waals surface area contributed by atoms with Gasteiger partial charge in [-0.05, 0) is 13.5 Å². The van der Waals surface area contributed by atoms with E-state index >= 15 is 0 Å². The molecule has 1 saturated heterocycles. The van der Waals surface area contributed by atoms with E-state index in [0.29, 0.717) is 0 Å². The van der Waals surface area contributed by atoms with Crippen LogP contribution in [0.25, 0.3) is 0 Å². The van der Waals surface area contributed by atoms with Gasteiger partial charge in [-0.15, -0.1) is 0 Å². The van der Waals surface area contributed by atoms with Crippen LogP contribution in [0.4, 0.5) is 0 Å². The van der Waals surface area contributed by atoms with Gasteiger partial charge in [0.05, 0.1) is 12.5 Å². The Balaban J connectivity index is 2.40. The first-order valence-electron chi connectivity index (χ1n) is 4.08. The molecule has 12 heavy (non-hydrogen) atoms. The molecule has 0 bridgehead atoms. The summed E-state index contributed by atoms with van der Waals surface area (Å²) in [5.74, 6) is -0.733. The van der Waals surface area contributed by atoms with Crippen LogP contribution in [0.5, 0.6) is 0 Å². The van der Waals surface area contributed by atoms with Gasteiger partial charge >= 0.3 is 5.97 Å². The van der Waals surface area contributed by atoms with Gasteiger partial charge < -0.3 is 14.7 Å². The SMILES string of the molecule is COC1C[C@@H](CC(=O)O)N(C)C1. The van der Waals surface area contributed by atoms with Gasteiger partial charge in [0.1, 0.15) is 0 Å². The van der Waals surface area contributed by atoms with Gasteiger partial charge in [-0.2, -0.15) is 0 Å². The molecule has 2 atom stereocenters. The molecule has 1 heterocycles. The molecular formula is C8H15NO3. The van der Waals surface area contributed by atoms with E-state index < -0.39 is 5.97 Å². The second-order valence-electron chi connectivity index (χ2n) is 3.28. The van der Waals surface area contributed by atoms with Crippen LogP contribution in [0.15, 0.2) is 0 Å². The zero-order valence-electron chi connectivity index (χ0n) is 7.49. The van der Waals surface area contributed by atoms with Gasteiger partial charge in [-0.3, -0.25) is 4.79 Å². The summed E-state index contributed by atoms with van der Waals surface area (Å²) >= 11 is 0. The quantitative estimate of drug-likeness (QED) is 0.661. The van der Waals surface area contributed by atoms with E-state index in [4.69, 9.17) is 9.84 Å². The first kappa shape index (κ1) is 9.48. The topological polar surface area (TPSA) is 49.8 Å². The molecule has 1 rings (SSSR count). The van der Waals surface area contributed by atoms with Gasteiger partial charge in [-0.25, -0.2) is 0 Å². The van der Waals surface area contributed by atoms with E-state index in [1.807, 2.05) is 11.9 Å². The Morgan fingerprint density at radius 3 is 2.83 bits per heavy atom. The van der Waals surface area contributed by atoms with Crippen molar-refractivity contribution in [2.75, 3.05) is 20.7 Å². The second-order valence-corrected chi connectivity index (χ2v) is 3.28. The van der Waals surface area contributed by atoms with Crippen molar-refractivity contribution < 1.29 is 14.6 Å². The highest BCUT2D eigenvalue weighted by Gasteiger charge is 2.30. The zero-order chi connectivity index (χ0) is 9.14. The third-order valence-electron chi connectivity index (χ3n) is 2.39. The highest BCUT2D eigenvalue weighted by atomic mass is 16.5. The van der Waals surface area contributed by atoms with Crippen molar-refractivity contribution in [1.82, 2.24) is 4.90 Å². The van der Waals surface area contributed by atoms with E-state index in [1.165, 1.54) is 0 Å². The summed E-state index contributed by atoms with van der Waals surface area (Å²) in [6, 6.07) is 0.146. The van der Waals surface area contributed by atoms with Crippen LogP contribution in [0, 0.1) is 0 Å². The van der Waals surface area contributed by atoms with E-state index in [9.17, 15) is 4.79 Å². The summed E-state index contributed by atoms with van der Waals surface area (Å²) < 4.78 is 5.16. The molecule has 0 saturated carbocycles. The Morgan fingerprint density at radius 2 is 2.42 bits per heavy atom. The third-order valence-corrected chi connectivity index (χ3v) is 2.39. The third kappa shape index (κ3) is 2.19. The van der Waals surface area contributed by atoms with Crippen molar-refractivity contribution in [3.8, 4) is 0 Å². The molecule has 0 aromatic heterocycles. The molecule has 1 N–H and O–H groups in total. The number of carboxylic acid groups (broad SMARTS) is 1. The van der Waals surface area contributed by atoms with Crippen molar-refractivity contribution in [3.63, 3.8) is 0 Å². The lowest BCUT2D eigenvalue weighted by Crippen LogP contribution is -2.27.